The van der Waals surface area contributed by atoms with E-state index in [1.165, 1.54) is 88.2 Å². The lowest BCUT2D eigenvalue weighted by molar-refractivity contribution is 1.10. The predicted molar refractivity (Wildman–Crippen MR) is 313 cm³/mol. The molecule has 2 nitrogen and oxygen atoms in total. The van der Waals surface area contributed by atoms with Crippen LogP contribution in [0.5, 0.6) is 0 Å². The summed E-state index contributed by atoms with van der Waals surface area (Å²) in [6, 6.07) is 107. The molecule has 0 amide bonds. The van der Waals surface area contributed by atoms with Gasteiger partial charge in [-0.2, -0.15) is 0 Å². The predicted octanol–water partition coefficient (Wildman–Crippen LogP) is 19.5. The molecule has 0 fully saturated rings. The Hall–Kier alpha value is -9.76. The van der Waals surface area contributed by atoms with Gasteiger partial charge in [-0.1, -0.05) is 255 Å². The molecule has 0 aliphatic carbocycles. The molecule has 0 radical (unpaired) electrons. The fourth-order valence-electron chi connectivity index (χ4n) is 11.8. The first-order valence-electron chi connectivity index (χ1n) is 25.5. The first-order chi connectivity index (χ1) is 36.8. The lowest BCUT2D eigenvalue weighted by Crippen LogP contribution is -2.04. The van der Waals surface area contributed by atoms with Crippen molar-refractivity contribution < 1.29 is 0 Å². The maximum absolute atomic E-state index is 2.60. The number of benzene rings is 12. The summed E-state index contributed by atoms with van der Waals surface area (Å²) >= 11 is 0. The second-order valence-corrected chi connectivity index (χ2v) is 19.1. The van der Waals surface area contributed by atoms with Crippen LogP contribution >= 0.6 is 0 Å². The first kappa shape index (κ1) is 43.1. The summed E-state index contributed by atoms with van der Waals surface area (Å²) in [6.07, 6.45) is 0. The van der Waals surface area contributed by atoms with Gasteiger partial charge in [0.15, 0.2) is 0 Å². The van der Waals surface area contributed by atoms with Gasteiger partial charge in [-0.25, -0.2) is 0 Å². The normalized spacial score (nSPS) is 11.5. The zero-order chi connectivity index (χ0) is 49.0. The Morgan fingerprint density at radius 3 is 1.07 bits per heavy atom. The van der Waals surface area contributed by atoms with Crippen LogP contribution in [-0.4, -0.2) is 9.13 Å². The van der Waals surface area contributed by atoms with E-state index in [0.717, 1.165) is 44.7 Å². The van der Waals surface area contributed by atoms with Crippen molar-refractivity contribution >= 4 is 43.6 Å². The smallest absolute Gasteiger partial charge is 0.0703 e. The van der Waals surface area contributed by atoms with Crippen molar-refractivity contribution in [3.8, 4) is 89.3 Å². The highest BCUT2D eigenvalue weighted by atomic mass is 15.1. The van der Waals surface area contributed by atoms with E-state index in [0.29, 0.717) is 0 Å². The van der Waals surface area contributed by atoms with Crippen molar-refractivity contribution in [1.82, 2.24) is 9.13 Å². The summed E-state index contributed by atoms with van der Waals surface area (Å²) in [6.45, 7) is 0. The topological polar surface area (TPSA) is 9.86 Å². The molecule has 0 saturated heterocycles. The third-order valence-electron chi connectivity index (χ3n) is 15.0. The Morgan fingerprint density at radius 2 is 0.568 bits per heavy atom. The van der Waals surface area contributed by atoms with Crippen molar-refractivity contribution in [2.75, 3.05) is 0 Å². The summed E-state index contributed by atoms with van der Waals surface area (Å²) < 4.78 is 5.08. The third kappa shape index (κ3) is 7.03. The maximum atomic E-state index is 2.60. The van der Waals surface area contributed by atoms with Crippen molar-refractivity contribution in [3.05, 3.63) is 291 Å². The Kier molecular flexibility index (Phi) is 10.6. The number of hydrogen-bond donors (Lipinski definition) is 0. The molecule has 2 aromatic heterocycles. The first-order valence-corrected chi connectivity index (χ1v) is 25.5. The van der Waals surface area contributed by atoms with Gasteiger partial charge >= 0.3 is 0 Å². The SMILES string of the molecule is c1ccc(-c2ccccc2-c2ccc3c(c2-c2ccccc2)c2c(-c4ccccc4)c(-c4ccccc4-c4ccccc4)cc(-c4ccccc4)c2n3-c2ccccc2-n2c3ccccc3c3ccccc32)cc1. The quantitative estimate of drug-likeness (QED) is 0.136. The van der Waals surface area contributed by atoms with Crippen LogP contribution in [0.25, 0.3) is 133 Å². The number of rotatable bonds is 9. The van der Waals surface area contributed by atoms with Crippen LogP contribution in [-0.2, 0) is 0 Å². The second kappa shape index (κ2) is 18.1. The van der Waals surface area contributed by atoms with Crippen LogP contribution in [0.1, 0.15) is 0 Å². The maximum Gasteiger partial charge on any atom is 0.0703 e. The van der Waals surface area contributed by atoms with Gasteiger partial charge < -0.3 is 9.13 Å². The van der Waals surface area contributed by atoms with Gasteiger partial charge in [-0.15, -0.1) is 0 Å². The molecular formula is C72H48N2. The van der Waals surface area contributed by atoms with Crippen LogP contribution in [0.15, 0.2) is 291 Å². The van der Waals surface area contributed by atoms with E-state index >= 15 is 0 Å². The summed E-state index contributed by atoms with van der Waals surface area (Å²) in [4.78, 5) is 0. The highest BCUT2D eigenvalue weighted by Crippen LogP contribution is 2.54. The molecule has 74 heavy (non-hydrogen) atoms. The molecule has 0 aliphatic heterocycles. The van der Waals surface area contributed by atoms with Gasteiger partial charge in [0.1, 0.15) is 0 Å². The molecule has 0 bridgehead atoms. The average Bonchev–Trinajstić information content (AvgIpc) is 4.09. The van der Waals surface area contributed by atoms with E-state index in [2.05, 4.69) is 300 Å². The molecule has 2 heterocycles. The largest absolute Gasteiger partial charge is 0.307 e. The molecule has 14 rings (SSSR count). The summed E-state index contributed by atoms with van der Waals surface area (Å²) in [5.41, 5.74) is 23.2. The molecule has 0 spiro atoms. The van der Waals surface area contributed by atoms with E-state index in [4.69, 9.17) is 0 Å². The summed E-state index contributed by atoms with van der Waals surface area (Å²) in [5, 5.41) is 4.84. The molecule has 0 aliphatic rings. The highest BCUT2D eigenvalue weighted by Gasteiger charge is 2.30. The number of aromatic nitrogens is 2. The summed E-state index contributed by atoms with van der Waals surface area (Å²) in [5.74, 6) is 0. The minimum Gasteiger partial charge on any atom is -0.307 e. The van der Waals surface area contributed by atoms with E-state index in [-0.39, 0.29) is 0 Å². The molecule has 346 valence electrons. The van der Waals surface area contributed by atoms with E-state index in [9.17, 15) is 0 Å². The second-order valence-electron chi connectivity index (χ2n) is 19.1. The fraction of sp³-hybridized carbons (Fsp3) is 0. The van der Waals surface area contributed by atoms with Gasteiger partial charge in [-0.05, 0) is 109 Å². The van der Waals surface area contributed by atoms with Crippen LogP contribution in [0.3, 0.4) is 0 Å². The number of nitrogens with zero attached hydrogens (tertiary/aromatic N) is 2. The molecule has 0 N–H and O–H groups in total. The number of para-hydroxylation sites is 4. The van der Waals surface area contributed by atoms with Gasteiger partial charge in [0, 0.05) is 27.1 Å². The Labute approximate surface area is 431 Å². The summed E-state index contributed by atoms with van der Waals surface area (Å²) in [7, 11) is 0. The average molecular weight is 941 g/mol. The van der Waals surface area contributed by atoms with Crippen molar-refractivity contribution in [3.63, 3.8) is 0 Å². The van der Waals surface area contributed by atoms with Crippen LogP contribution in [0.2, 0.25) is 0 Å². The van der Waals surface area contributed by atoms with E-state index < -0.39 is 0 Å². The standard InChI is InChI=1S/C72H48N2/c1-6-26-49(27-7-1)54-36-16-18-38-56(54)60-46-47-67-70(68(60)52-32-12-4-13-33-52)71-69(53-34-14-5-15-35-53)62(57-39-19-17-37-55(57)50-28-8-2-9-29-50)48-61(51-30-10-3-11-31-51)72(71)74(67)66-45-25-24-44-65(66)73-63-42-22-20-40-58(63)59-41-21-23-43-64(59)73/h1-48H. The van der Waals surface area contributed by atoms with Crippen LogP contribution < -0.4 is 0 Å². The lowest BCUT2D eigenvalue weighted by atomic mass is 9.82. The van der Waals surface area contributed by atoms with E-state index in [1.807, 2.05) is 0 Å². The number of hydrogen-bond acceptors (Lipinski definition) is 0. The fourth-order valence-corrected chi connectivity index (χ4v) is 11.8. The number of fused-ring (bicyclic) bond motifs is 6. The van der Waals surface area contributed by atoms with Gasteiger partial charge in [0.2, 0.25) is 0 Å². The van der Waals surface area contributed by atoms with Gasteiger partial charge in [0.05, 0.1) is 33.4 Å². The lowest BCUT2D eigenvalue weighted by Gasteiger charge is -2.21. The van der Waals surface area contributed by atoms with Crippen LogP contribution in [0.4, 0.5) is 0 Å². The monoisotopic (exact) mass is 940 g/mol. The molecule has 0 unspecified atom stereocenters. The Bertz CT molecular complexity index is 4320. The zero-order valence-electron chi connectivity index (χ0n) is 40.6. The highest BCUT2D eigenvalue weighted by molar-refractivity contribution is 6.28. The van der Waals surface area contributed by atoms with Gasteiger partial charge in [0.25, 0.3) is 0 Å². The van der Waals surface area contributed by atoms with Crippen molar-refractivity contribution in [2.45, 2.75) is 0 Å². The van der Waals surface area contributed by atoms with Crippen molar-refractivity contribution in [2.24, 2.45) is 0 Å². The van der Waals surface area contributed by atoms with Gasteiger partial charge in [-0.3, -0.25) is 0 Å². The van der Waals surface area contributed by atoms with E-state index in [1.54, 1.807) is 0 Å². The molecule has 0 atom stereocenters. The molecular weight excluding hydrogens is 893 g/mol. The molecule has 0 saturated carbocycles. The van der Waals surface area contributed by atoms with Crippen molar-refractivity contribution in [1.29, 1.82) is 0 Å². The minimum atomic E-state index is 1.09. The Morgan fingerprint density at radius 1 is 0.203 bits per heavy atom. The minimum absolute atomic E-state index is 1.09. The molecule has 14 aromatic rings. The molecule has 12 aromatic carbocycles. The Balaban J connectivity index is 1.25. The van der Waals surface area contributed by atoms with Crippen LogP contribution in [0, 0.1) is 0 Å². The third-order valence-corrected chi connectivity index (χ3v) is 15.0. The molecule has 2 heteroatoms. The zero-order valence-corrected chi connectivity index (χ0v) is 40.6.